The molecule has 82 valence electrons. The Morgan fingerprint density at radius 1 is 1.31 bits per heavy atom. The van der Waals surface area contributed by atoms with Gasteiger partial charge in [-0.25, -0.2) is 4.79 Å². The van der Waals surface area contributed by atoms with E-state index in [0.717, 1.165) is 10.9 Å². The molecule has 0 spiro atoms. The van der Waals surface area contributed by atoms with Crippen molar-refractivity contribution in [2.45, 2.75) is 20.3 Å². The van der Waals surface area contributed by atoms with E-state index in [2.05, 4.69) is 0 Å². The first kappa shape index (κ1) is 10.6. The lowest BCUT2D eigenvalue weighted by Crippen LogP contribution is -2.00. The standard InChI is InChI=1S/C13H12O3/c1-3-11(14)9-4-5-10-8(2)6-13(15)16-12(10)7-9/h4-7H,3H2,1-2H3. The molecular weight excluding hydrogens is 204 g/mol. The number of ketones is 1. The van der Waals surface area contributed by atoms with Crippen LogP contribution in [0.25, 0.3) is 11.0 Å². The summed E-state index contributed by atoms with van der Waals surface area (Å²) in [6.45, 7) is 3.65. The van der Waals surface area contributed by atoms with Gasteiger partial charge in [-0.1, -0.05) is 19.1 Å². The summed E-state index contributed by atoms with van der Waals surface area (Å²) in [5.41, 5.74) is 1.54. The van der Waals surface area contributed by atoms with Crippen molar-refractivity contribution in [2.24, 2.45) is 0 Å². The first-order chi connectivity index (χ1) is 7.61. The number of hydrogen-bond donors (Lipinski definition) is 0. The minimum Gasteiger partial charge on any atom is -0.423 e. The van der Waals surface area contributed by atoms with Gasteiger partial charge in [-0.3, -0.25) is 4.79 Å². The Morgan fingerprint density at radius 2 is 2.06 bits per heavy atom. The normalized spacial score (nSPS) is 10.6. The van der Waals surface area contributed by atoms with Crippen molar-refractivity contribution in [1.29, 1.82) is 0 Å². The molecule has 1 heterocycles. The van der Waals surface area contributed by atoms with Gasteiger partial charge in [0.05, 0.1) is 0 Å². The van der Waals surface area contributed by atoms with E-state index in [-0.39, 0.29) is 11.4 Å². The molecule has 0 saturated carbocycles. The van der Waals surface area contributed by atoms with E-state index in [0.29, 0.717) is 17.6 Å². The lowest BCUT2D eigenvalue weighted by Gasteiger charge is -2.02. The second kappa shape index (κ2) is 3.93. The maximum absolute atomic E-state index is 11.5. The van der Waals surface area contributed by atoms with Gasteiger partial charge in [0.2, 0.25) is 0 Å². The summed E-state index contributed by atoms with van der Waals surface area (Å²) in [5, 5.41) is 0.868. The number of benzene rings is 1. The van der Waals surface area contributed by atoms with Gasteiger partial charge in [0.25, 0.3) is 0 Å². The van der Waals surface area contributed by atoms with E-state index in [1.807, 2.05) is 13.0 Å². The van der Waals surface area contributed by atoms with E-state index < -0.39 is 0 Å². The minimum absolute atomic E-state index is 0.0473. The molecule has 0 unspecified atom stereocenters. The van der Waals surface area contributed by atoms with E-state index in [9.17, 15) is 9.59 Å². The van der Waals surface area contributed by atoms with Crippen molar-refractivity contribution in [1.82, 2.24) is 0 Å². The van der Waals surface area contributed by atoms with Crippen LogP contribution in [-0.4, -0.2) is 5.78 Å². The molecule has 2 rings (SSSR count). The molecule has 0 amide bonds. The van der Waals surface area contributed by atoms with Crippen molar-refractivity contribution in [3.8, 4) is 0 Å². The Labute approximate surface area is 92.7 Å². The molecule has 16 heavy (non-hydrogen) atoms. The largest absolute Gasteiger partial charge is 0.423 e. The van der Waals surface area contributed by atoms with Gasteiger partial charge in [0, 0.05) is 23.4 Å². The first-order valence-electron chi connectivity index (χ1n) is 5.19. The van der Waals surface area contributed by atoms with Crippen molar-refractivity contribution in [3.05, 3.63) is 45.8 Å². The van der Waals surface area contributed by atoms with Gasteiger partial charge in [-0.05, 0) is 18.6 Å². The lowest BCUT2D eigenvalue weighted by atomic mass is 10.0. The van der Waals surface area contributed by atoms with Crippen LogP contribution < -0.4 is 5.63 Å². The number of hydrogen-bond acceptors (Lipinski definition) is 3. The molecule has 0 saturated heterocycles. The number of carbonyl (C=O) groups is 1. The zero-order valence-corrected chi connectivity index (χ0v) is 9.24. The molecule has 0 fully saturated rings. The average Bonchev–Trinajstić information content (AvgIpc) is 2.27. The number of aryl methyl sites for hydroxylation is 1. The van der Waals surface area contributed by atoms with Crippen LogP contribution in [0.1, 0.15) is 29.3 Å². The van der Waals surface area contributed by atoms with Crippen molar-refractivity contribution >= 4 is 16.8 Å². The molecule has 0 bridgehead atoms. The zero-order valence-electron chi connectivity index (χ0n) is 9.24. The number of carbonyl (C=O) groups excluding carboxylic acids is 1. The Balaban J connectivity index is 2.71. The molecule has 0 N–H and O–H groups in total. The summed E-state index contributed by atoms with van der Waals surface area (Å²) in [4.78, 5) is 22.7. The smallest absolute Gasteiger partial charge is 0.336 e. The molecule has 3 nitrogen and oxygen atoms in total. The van der Waals surface area contributed by atoms with E-state index in [4.69, 9.17) is 4.42 Å². The highest BCUT2D eigenvalue weighted by Crippen LogP contribution is 2.18. The van der Waals surface area contributed by atoms with Gasteiger partial charge in [-0.2, -0.15) is 0 Å². The van der Waals surface area contributed by atoms with Crippen molar-refractivity contribution in [3.63, 3.8) is 0 Å². The summed E-state index contributed by atoms with van der Waals surface area (Å²) in [5.74, 6) is 0.0473. The Hall–Kier alpha value is -1.90. The van der Waals surface area contributed by atoms with Crippen LogP contribution >= 0.6 is 0 Å². The number of rotatable bonds is 2. The maximum atomic E-state index is 11.5. The molecule has 1 aromatic carbocycles. The average molecular weight is 216 g/mol. The molecule has 0 atom stereocenters. The summed E-state index contributed by atoms with van der Waals surface area (Å²) < 4.78 is 5.07. The topological polar surface area (TPSA) is 47.3 Å². The van der Waals surface area contributed by atoms with Crippen LogP contribution in [0.5, 0.6) is 0 Å². The molecule has 1 aromatic heterocycles. The van der Waals surface area contributed by atoms with Crippen LogP contribution in [0.4, 0.5) is 0 Å². The Morgan fingerprint density at radius 3 is 2.75 bits per heavy atom. The monoisotopic (exact) mass is 216 g/mol. The van der Waals surface area contributed by atoms with Gasteiger partial charge < -0.3 is 4.42 Å². The van der Waals surface area contributed by atoms with E-state index in [1.54, 1.807) is 19.1 Å². The summed E-state index contributed by atoms with van der Waals surface area (Å²) in [6.07, 6.45) is 0.446. The first-order valence-corrected chi connectivity index (χ1v) is 5.19. The fourth-order valence-corrected chi connectivity index (χ4v) is 1.70. The predicted molar refractivity (Wildman–Crippen MR) is 61.8 cm³/mol. The predicted octanol–water partition coefficient (Wildman–Crippen LogP) is 2.69. The highest BCUT2D eigenvalue weighted by molar-refractivity contribution is 5.99. The summed E-state index contributed by atoms with van der Waals surface area (Å²) >= 11 is 0. The van der Waals surface area contributed by atoms with E-state index in [1.165, 1.54) is 6.07 Å². The van der Waals surface area contributed by atoms with Gasteiger partial charge in [0.1, 0.15) is 5.58 Å². The van der Waals surface area contributed by atoms with Crippen LogP contribution in [0, 0.1) is 6.92 Å². The van der Waals surface area contributed by atoms with Gasteiger partial charge >= 0.3 is 5.63 Å². The Bertz CT molecular complexity index is 608. The van der Waals surface area contributed by atoms with Crippen LogP contribution in [0.3, 0.4) is 0 Å². The second-order valence-corrected chi connectivity index (χ2v) is 3.74. The second-order valence-electron chi connectivity index (χ2n) is 3.74. The molecule has 0 aliphatic heterocycles. The third-order valence-electron chi connectivity index (χ3n) is 2.59. The summed E-state index contributed by atoms with van der Waals surface area (Å²) in [6, 6.07) is 6.66. The number of Topliss-reactive ketones (excluding diaryl/α,β-unsaturated/α-hetero) is 1. The fraction of sp³-hybridized carbons (Fsp3) is 0.231. The molecule has 3 heteroatoms. The van der Waals surface area contributed by atoms with Gasteiger partial charge in [-0.15, -0.1) is 0 Å². The molecule has 0 aliphatic rings. The van der Waals surface area contributed by atoms with E-state index >= 15 is 0 Å². The lowest BCUT2D eigenvalue weighted by molar-refractivity contribution is 0.0988. The summed E-state index contributed by atoms with van der Waals surface area (Å²) in [7, 11) is 0. The maximum Gasteiger partial charge on any atom is 0.336 e. The van der Waals surface area contributed by atoms with Crippen LogP contribution in [0.15, 0.2) is 33.5 Å². The van der Waals surface area contributed by atoms with Gasteiger partial charge in [0.15, 0.2) is 5.78 Å². The zero-order chi connectivity index (χ0) is 11.7. The minimum atomic E-state index is -0.383. The van der Waals surface area contributed by atoms with Crippen LogP contribution in [0.2, 0.25) is 0 Å². The molecular formula is C13H12O3. The quantitative estimate of drug-likeness (QED) is 0.572. The molecule has 0 radical (unpaired) electrons. The third kappa shape index (κ3) is 1.76. The highest BCUT2D eigenvalue weighted by Gasteiger charge is 2.07. The third-order valence-corrected chi connectivity index (χ3v) is 2.59. The SMILES string of the molecule is CCC(=O)c1ccc2c(C)cc(=O)oc2c1. The van der Waals surface area contributed by atoms with Crippen molar-refractivity contribution in [2.75, 3.05) is 0 Å². The fourth-order valence-electron chi connectivity index (χ4n) is 1.70. The molecule has 2 aromatic rings. The highest BCUT2D eigenvalue weighted by atomic mass is 16.4. The number of fused-ring (bicyclic) bond motifs is 1. The van der Waals surface area contributed by atoms with Crippen molar-refractivity contribution < 1.29 is 9.21 Å². The molecule has 0 aliphatic carbocycles. The Kier molecular flexibility index (Phi) is 2.60. The van der Waals surface area contributed by atoms with Crippen LogP contribution in [-0.2, 0) is 0 Å².